The van der Waals surface area contributed by atoms with Gasteiger partial charge in [-0.3, -0.25) is 0 Å². The standard InChI is InChI=1S/C14H22N2O3S/c1-3-4-11-7-8-16(10-11)20(17,18)12-5-6-13(15)14(9-12)19-2/h5-6,9,11H,3-4,7-8,10,15H2,1-2H3. The lowest BCUT2D eigenvalue weighted by Gasteiger charge is -2.17. The van der Waals surface area contributed by atoms with Crippen LogP contribution in [0.5, 0.6) is 5.75 Å². The Balaban J connectivity index is 2.23. The maximum absolute atomic E-state index is 12.6. The quantitative estimate of drug-likeness (QED) is 0.845. The fourth-order valence-corrected chi connectivity index (χ4v) is 4.21. The van der Waals surface area contributed by atoms with E-state index in [1.54, 1.807) is 16.4 Å². The fraction of sp³-hybridized carbons (Fsp3) is 0.571. The van der Waals surface area contributed by atoms with Crippen molar-refractivity contribution in [2.75, 3.05) is 25.9 Å². The minimum Gasteiger partial charge on any atom is -0.495 e. The summed E-state index contributed by atoms with van der Waals surface area (Å²) in [5.74, 6) is 0.876. The first-order valence-electron chi connectivity index (χ1n) is 6.92. The van der Waals surface area contributed by atoms with E-state index in [0.29, 0.717) is 30.4 Å². The summed E-state index contributed by atoms with van der Waals surface area (Å²) in [7, 11) is -1.96. The average Bonchev–Trinajstić information content (AvgIpc) is 2.89. The van der Waals surface area contributed by atoms with Crippen molar-refractivity contribution >= 4 is 15.7 Å². The second kappa shape index (κ2) is 6.01. The summed E-state index contributed by atoms with van der Waals surface area (Å²) < 4.78 is 31.8. The number of nitrogens with zero attached hydrogens (tertiary/aromatic N) is 1. The van der Waals surface area contributed by atoms with Gasteiger partial charge >= 0.3 is 0 Å². The lowest BCUT2D eigenvalue weighted by Crippen LogP contribution is -2.29. The molecule has 0 amide bonds. The van der Waals surface area contributed by atoms with Crippen LogP contribution < -0.4 is 10.5 Å². The van der Waals surface area contributed by atoms with E-state index >= 15 is 0 Å². The minimum atomic E-state index is -3.44. The molecule has 112 valence electrons. The maximum Gasteiger partial charge on any atom is 0.243 e. The zero-order valence-corrected chi connectivity index (χ0v) is 12.8. The third kappa shape index (κ3) is 2.91. The smallest absolute Gasteiger partial charge is 0.243 e. The number of benzene rings is 1. The second-order valence-corrected chi connectivity index (χ2v) is 7.15. The Hall–Kier alpha value is -1.27. The molecule has 1 fully saturated rings. The summed E-state index contributed by atoms with van der Waals surface area (Å²) >= 11 is 0. The van der Waals surface area contributed by atoms with Crippen LogP contribution >= 0.6 is 0 Å². The molecule has 1 unspecified atom stereocenters. The SMILES string of the molecule is CCCC1CCN(S(=O)(=O)c2ccc(N)c(OC)c2)C1. The Kier molecular flexibility index (Phi) is 4.55. The highest BCUT2D eigenvalue weighted by atomic mass is 32.2. The summed E-state index contributed by atoms with van der Waals surface area (Å²) in [5, 5.41) is 0. The molecule has 0 saturated carbocycles. The van der Waals surface area contributed by atoms with E-state index in [-0.39, 0.29) is 4.90 Å². The van der Waals surface area contributed by atoms with Crippen LogP contribution in [0, 0.1) is 5.92 Å². The molecule has 0 aliphatic carbocycles. The molecule has 1 aliphatic heterocycles. The van der Waals surface area contributed by atoms with Crippen molar-refractivity contribution in [3.63, 3.8) is 0 Å². The fourth-order valence-electron chi connectivity index (χ4n) is 2.66. The third-order valence-corrected chi connectivity index (χ3v) is 5.65. The first-order chi connectivity index (χ1) is 9.48. The van der Waals surface area contributed by atoms with Gasteiger partial charge in [0.25, 0.3) is 0 Å². The number of nitrogen functional groups attached to an aromatic ring is 1. The van der Waals surface area contributed by atoms with E-state index in [4.69, 9.17) is 10.5 Å². The molecular formula is C14H22N2O3S. The van der Waals surface area contributed by atoms with Gasteiger partial charge in [0.1, 0.15) is 5.75 Å². The normalized spacial score (nSPS) is 20.2. The predicted molar refractivity (Wildman–Crippen MR) is 79.2 cm³/mol. The van der Waals surface area contributed by atoms with Crippen LogP contribution in [-0.4, -0.2) is 32.9 Å². The van der Waals surface area contributed by atoms with E-state index in [1.807, 2.05) is 0 Å². The average molecular weight is 298 g/mol. The number of hydrogen-bond acceptors (Lipinski definition) is 4. The second-order valence-electron chi connectivity index (χ2n) is 5.21. The Morgan fingerprint density at radius 3 is 2.85 bits per heavy atom. The lowest BCUT2D eigenvalue weighted by atomic mass is 10.0. The highest BCUT2D eigenvalue weighted by Gasteiger charge is 2.32. The molecule has 1 aromatic carbocycles. The summed E-state index contributed by atoms with van der Waals surface area (Å²) in [4.78, 5) is 0.251. The van der Waals surface area contributed by atoms with E-state index in [9.17, 15) is 8.42 Å². The van der Waals surface area contributed by atoms with Crippen LogP contribution in [0.3, 0.4) is 0 Å². The van der Waals surface area contributed by atoms with Crippen molar-refractivity contribution in [2.45, 2.75) is 31.1 Å². The molecule has 2 N–H and O–H groups in total. The van der Waals surface area contributed by atoms with E-state index in [1.165, 1.54) is 13.2 Å². The molecule has 0 spiro atoms. The van der Waals surface area contributed by atoms with Crippen LogP contribution in [-0.2, 0) is 10.0 Å². The van der Waals surface area contributed by atoms with Crippen molar-refractivity contribution in [2.24, 2.45) is 5.92 Å². The van der Waals surface area contributed by atoms with Crippen LogP contribution in [0.1, 0.15) is 26.2 Å². The number of methoxy groups -OCH3 is 1. The lowest BCUT2D eigenvalue weighted by molar-refractivity contribution is 0.414. The maximum atomic E-state index is 12.6. The minimum absolute atomic E-state index is 0.251. The van der Waals surface area contributed by atoms with Gasteiger partial charge in [-0.2, -0.15) is 4.31 Å². The number of sulfonamides is 1. The Labute approximate surface area is 120 Å². The molecule has 6 heteroatoms. The van der Waals surface area contributed by atoms with E-state index in [0.717, 1.165) is 19.3 Å². The molecule has 2 rings (SSSR count). The topological polar surface area (TPSA) is 72.6 Å². The van der Waals surface area contributed by atoms with Gasteiger partial charge in [0.15, 0.2) is 0 Å². The van der Waals surface area contributed by atoms with Crippen molar-refractivity contribution < 1.29 is 13.2 Å². The van der Waals surface area contributed by atoms with Gasteiger partial charge in [-0.15, -0.1) is 0 Å². The predicted octanol–water partition coefficient (Wildman–Crippen LogP) is 2.09. The number of hydrogen-bond donors (Lipinski definition) is 1. The summed E-state index contributed by atoms with van der Waals surface area (Å²) in [5.41, 5.74) is 6.17. The van der Waals surface area contributed by atoms with Crippen molar-refractivity contribution in [3.8, 4) is 5.75 Å². The first-order valence-corrected chi connectivity index (χ1v) is 8.36. The Morgan fingerprint density at radius 1 is 1.45 bits per heavy atom. The van der Waals surface area contributed by atoms with Crippen LogP contribution in [0.4, 0.5) is 5.69 Å². The Bertz CT molecular complexity index is 572. The van der Waals surface area contributed by atoms with Gasteiger partial charge in [0.2, 0.25) is 10.0 Å². The summed E-state index contributed by atoms with van der Waals surface area (Å²) in [6.45, 7) is 3.34. The summed E-state index contributed by atoms with van der Waals surface area (Å²) in [6, 6.07) is 4.61. The number of ether oxygens (including phenoxy) is 1. The molecule has 0 radical (unpaired) electrons. The molecule has 1 aromatic rings. The van der Waals surface area contributed by atoms with Gasteiger partial charge in [-0.05, 0) is 30.9 Å². The molecular weight excluding hydrogens is 276 g/mol. The van der Waals surface area contributed by atoms with Gasteiger partial charge < -0.3 is 10.5 Å². The third-order valence-electron chi connectivity index (χ3n) is 3.79. The van der Waals surface area contributed by atoms with Crippen molar-refractivity contribution in [1.82, 2.24) is 4.31 Å². The van der Waals surface area contributed by atoms with E-state index in [2.05, 4.69) is 6.92 Å². The molecule has 20 heavy (non-hydrogen) atoms. The number of nitrogens with two attached hydrogens (primary N) is 1. The molecule has 0 bridgehead atoms. The Morgan fingerprint density at radius 2 is 2.20 bits per heavy atom. The largest absolute Gasteiger partial charge is 0.495 e. The molecule has 1 heterocycles. The van der Waals surface area contributed by atoms with Crippen LogP contribution in [0.15, 0.2) is 23.1 Å². The number of rotatable bonds is 5. The van der Waals surface area contributed by atoms with Crippen LogP contribution in [0.2, 0.25) is 0 Å². The van der Waals surface area contributed by atoms with Gasteiger partial charge in [0, 0.05) is 19.2 Å². The number of anilines is 1. The molecule has 5 nitrogen and oxygen atoms in total. The highest BCUT2D eigenvalue weighted by molar-refractivity contribution is 7.89. The van der Waals surface area contributed by atoms with Gasteiger partial charge in [0.05, 0.1) is 17.7 Å². The summed E-state index contributed by atoms with van der Waals surface area (Å²) in [6.07, 6.45) is 3.12. The van der Waals surface area contributed by atoms with Crippen molar-refractivity contribution in [3.05, 3.63) is 18.2 Å². The first kappa shape index (κ1) is 15.1. The van der Waals surface area contributed by atoms with Crippen molar-refractivity contribution in [1.29, 1.82) is 0 Å². The van der Waals surface area contributed by atoms with Gasteiger partial charge in [-0.1, -0.05) is 13.3 Å². The molecule has 1 atom stereocenters. The zero-order chi connectivity index (χ0) is 14.8. The van der Waals surface area contributed by atoms with E-state index < -0.39 is 10.0 Å². The monoisotopic (exact) mass is 298 g/mol. The van der Waals surface area contributed by atoms with Gasteiger partial charge in [-0.25, -0.2) is 8.42 Å². The molecule has 1 aliphatic rings. The molecule has 1 saturated heterocycles. The highest BCUT2D eigenvalue weighted by Crippen LogP contribution is 2.30. The van der Waals surface area contributed by atoms with Crippen LogP contribution in [0.25, 0.3) is 0 Å². The zero-order valence-electron chi connectivity index (χ0n) is 12.0. The molecule has 0 aromatic heterocycles.